The van der Waals surface area contributed by atoms with Crippen LogP contribution in [-0.2, 0) is 16.1 Å². The molecule has 2 aromatic rings. The molecule has 6 heteroatoms. The lowest BCUT2D eigenvalue weighted by atomic mass is 10.1. The summed E-state index contributed by atoms with van der Waals surface area (Å²) in [6.07, 6.45) is 2.38. The van der Waals surface area contributed by atoms with Crippen LogP contribution in [0.1, 0.15) is 34.2 Å². The summed E-state index contributed by atoms with van der Waals surface area (Å²) in [7, 11) is 1.38. The molecule has 1 N–H and O–H groups in total. The number of ketones is 1. The monoisotopic (exact) mass is 336 g/mol. The molecule has 20 heavy (non-hydrogen) atoms. The van der Waals surface area contributed by atoms with Gasteiger partial charge in [0.05, 0.1) is 18.7 Å². The Labute approximate surface area is 124 Å². The van der Waals surface area contributed by atoms with E-state index in [1.54, 1.807) is 18.3 Å². The topological polar surface area (TPSA) is 64.1 Å². The second-order valence-electron chi connectivity index (χ2n) is 4.69. The molecule has 1 aliphatic rings. The smallest absolute Gasteiger partial charge is 0.314 e. The van der Waals surface area contributed by atoms with Gasteiger partial charge in [-0.05, 0) is 40.5 Å². The molecule has 3 rings (SSSR count). The first kappa shape index (κ1) is 13.2. The van der Waals surface area contributed by atoms with Crippen molar-refractivity contribution in [2.75, 3.05) is 7.11 Å². The maximum absolute atomic E-state index is 12.5. The zero-order chi connectivity index (χ0) is 14.3. The van der Waals surface area contributed by atoms with Crippen LogP contribution in [0.4, 0.5) is 0 Å². The quantitative estimate of drug-likeness (QED) is 0.691. The molecule has 3 heterocycles. The van der Waals surface area contributed by atoms with Crippen molar-refractivity contribution < 1.29 is 14.3 Å². The van der Waals surface area contributed by atoms with Gasteiger partial charge in [0.15, 0.2) is 0 Å². The van der Waals surface area contributed by atoms with Crippen molar-refractivity contribution in [2.24, 2.45) is 0 Å². The number of nitrogens with zero attached hydrogens (tertiary/aromatic N) is 1. The summed E-state index contributed by atoms with van der Waals surface area (Å²) in [6, 6.07) is 5.36. The lowest BCUT2D eigenvalue weighted by Crippen LogP contribution is -2.12. The molecular weight excluding hydrogens is 324 g/mol. The number of halogens is 1. The Morgan fingerprint density at radius 2 is 2.30 bits per heavy atom. The standard InChI is InChI=1S/C14H13BrN2O3/c1-20-14(19)8-4-6-17-11(8)7-9(15)12(17)13(18)10-3-2-5-16-10/h2-3,5,7-8,16H,4,6H2,1H3. The number of carbonyl (C=O) groups is 2. The molecule has 1 unspecified atom stereocenters. The number of methoxy groups -OCH3 is 1. The molecule has 5 nitrogen and oxygen atoms in total. The summed E-state index contributed by atoms with van der Waals surface area (Å²) in [5.41, 5.74) is 1.95. The maximum atomic E-state index is 12.5. The van der Waals surface area contributed by atoms with Crippen LogP contribution >= 0.6 is 15.9 Å². The van der Waals surface area contributed by atoms with Gasteiger partial charge in [-0.1, -0.05) is 0 Å². The lowest BCUT2D eigenvalue weighted by Gasteiger charge is -2.06. The van der Waals surface area contributed by atoms with Crippen LogP contribution in [0, 0.1) is 0 Å². The van der Waals surface area contributed by atoms with E-state index < -0.39 is 0 Å². The summed E-state index contributed by atoms with van der Waals surface area (Å²) in [5.74, 6) is -0.632. The minimum atomic E-state index is -0.290. The number of hydrogen-bond donors (Lipinski definition) is 1. The Bertz CT molecular complexity index is 673. The van der Waals surface area contributed by atoms with Crippen molar-refractivity contribution in [1.82, 2.24) is 9.55 Å². The highest BCUT2D eigenvalue weighted by molar-refractivity contribution is 9.10. The van der Waals surface area contributed by atoms with E-state index in [4.69, 9.17) is 4.74 Å². The minimum absolute atomic E-state index is 0.0846. The Kier molecular flexibility index (Phi) is 3.25. The van der Waals surface area contributed by atoms with Crippen LogP contribution in [0.3, 0.4) is 0 Å². The third kappa shape index (κ3) is 1.91. The van der Waals surface area contributed by atoms with E-state index in [1.807, 2.05) is 10.6 Å². The molecule has 0 saturated carbocycles. The summed E-state index contributed by atoms with van der Waals surface area (Å²) in [5, 5.41) is 0. The van der Waals surface area contributed by atoms with E-state index in [1.165, 1.54) is 7.11 Å². The van der Waals surface area contributed by atoms with E-state index in [0.717, 1.165) is 5.69 Å². The first-order valence-electron chi connectivity index (χ1n) is 6.28. The van der Waals surface area contributed by atoms with Crippen LogP contribution in [0.5, 0.6) is 0 Å². The Morgan fingerprint density at radius 3 is 2.95 bits per heavy atom. The molecule has 1 aliphatic heterocycles. The zero-order valence-corrected chi connectivity index (χ0v) is 12.4. The molecule has 0 spiro atoms. The second-order valence-corrected chi connectivity index (χ2v) is 5.55. The fraction of sp³-hybridized carbons (Fsp3) is 0.286. The van der Waals surface area contributed by atoms with Crippen LogP contribution in [0.2, 0.25) is 0 Å². The first-order valence-corrected chi connectivity index (χ1v) is 7.07. The van der Waals surface area contributed by atoms with Gasteiger partial charge < -0.3 is 14.3 Å². The number of esters is 1. The third-order valence-corrected chi connectivity index (χ3v) is 4.23. The Balaban J connectivity index is 2.03. The summed E-state index contributed by atoms with van der Waals surface area (Å²) < 4.78 is 7.42. The molecule has 0 saturated heterocycles. The van der Waals surface area contributed by atoms with Gasteiger partial charge in [-0.25, -0.2) is 0 Å². The predicted octanol–water partition coefficient (Wildman–Crippen LogP) is 2.47. The predicted molar refractivity (Wildman–Crippen MR) is 75.7 cm³/mol. The normalized spacial score (nSPS) is 17.0. The Morgan fingerprint density at radius 1 is 1.50 bits per heavy atom. The molecule has 0 bridgehead atoms. The van der Waals surface area contributed by atoms with Crippen molar-refractivity contribution in [2.45, 2.75) is 18.9 Å². The van der Waals surface area contributed by atoms with Gasteiger partial charge in [0.25, 0.3) is 0 Å². The van der Waals surface area contributed by atoms with Gasteiger partial charge in [0, 0.05) is 22.9 Å². The van der Waals surface area contributed by atoms with Gasteiger partial charge in [-0.2, -0.15) is 0 Å². The molecule has 0 radical (unpaired) electrons. The number of hydrogen-bond acceptors (Lipinski definition) is 3. The van der Waals surface area contributed by atoms with E-state index in [9.17, 15) is 9.59 Å². The van der Waals surface area contributed by atoms with Gasteiger partial charge in [-0.3, -0.25) is 9.59 Å². The molecule has 0 aliphatic carbocycles. The van der Waals surface area contributed by atoms with E-state index >= 15 is 0 Å². The maximum Gasteiger partial charge on any atom is 0.314 e. The molecular formula is C14H13BrN2O3. The highest BCUT2D eigenvalue weighted by Crippen LogP contribution is 2.36. The number of carbonyl (C=O) groups excluding carboxylic acids is 2. The lowest BCUT2D eigenvalue weighted by molar-refractivity contribution is -0.142. The number of ether oxygens (including phenoxy) is 1. The summed E-state index contributed by atoms with van der Waals surface area (Å²) >= 11 is 3.42. The van der Waals surface area contributed by atoms with E-state index in [0.29, 0.717) is 28.8 Å². The van der Waals surface area contributed by atoms with Gasteiger partial charge in [-0.15, -0.1) is 0 Å². The Hall–Kier alpha value is -1.82. The largest absolute Gasteiger partial charge is 0.469 e. The SMILES string of the molecule is COC(=O)C1CCn2c1cc(Br)c2C(=O)c1ccc[nH]1. The second kappa shape index (κ2) is 4.94. The third-order valence-electron chi connectivity index (χ3n) is 3.62. The fourth-order valence-corrected chi connectivity index (χ4v) is 3.31. The number of aromatic amines is 1. The fourth-order valence-electron chi connectivity index (χ4n) is 2.68. The first-order chi connectivity index (χ1) is 9.63. The average Bonchev–Trinajstić information content (AvgIpc) is 3.12. The van der Waals surface area contributed by atoms with Crippen molar-refractivity contribution in [3.63, 3.8) is 0 Å². The molecule has 2 aromatic heterocycles. The van der Waals surface area contributed by atoms with Crippen LogP contribution in [0.25, 0.3) is 0 Å². The summed E-state index contributed by atoms with van der Waals surface area (Å²) in [4.78, 5) is 27.2. The van der Waals surface area contributed by atoms with E-state index in [-0.39, 0.29) is 17.7 Å². The van der Waals surface area contributed by atoms with E-state index in [2.05, 4.69) is 20.9 Å². The van der Waals surface area contributed by atoms with Crippen LogP contribution in [-0.4, -0.2) is 28.4 Å². The molecule has 0 fully saturated rings. The molecule has 104 valence electrons. The number of fused-ring (bicyclic) bond motifs is 1. The van der Waals surface area contributed by atoms with Gasteiger partial charge in [0.1, 0.15) is 5.69 Å². The molecule has 0 amide bonds. The minimum Gasteiger partial charge on any atom is -0.469 e. The summed E-state index contributed by atoms with van der Waals surface area (Å²) in [6.45, 7) is 0.641. The highest BCUT2D eigenvalue weighted by atomic mass is 79.9. The van der Waals surface area contributed by atoms with Crippen LogP contribution in [0.15, 0.2) is 28.9 Å². The van der Waals surface area contributed by atoms with Gasteiger partial charge >= 0.3 is 5.97 Å². The van der Waals surface area contributed by atoms with Crippen molar-refractivity contribution in [3.8, 4) is 0 Å². The average molecular weight is 337 g/mol. The number of rotatable bonds is 3. The highest BCUT2D eigenvalue weighted by Gasteiger charge is 2.34. The number of nitrogens with one attached hydrogen (secondary N) is 1. The molecule has 1 atom stereocenters. The van der Waals surface area contributed by atoms with Crippen LogP contribution < -0.4 is 0 Å². The van der Waals surface area contributed by atoms with Crippen molar-refractivity contribution >= 4 is 27.7 Å². The molecule has 0 aromatic carbocycles. The van der Waals surface area contributed by atoms with Crippen molar-refractivity contribution in [1.29, 1.82) is 0 Å². The van der Waals surface area contributed by atoms with Gasteiger partial charge in [0.2, 0.25) is 5.78 Å². The zero-order valence-electron chi connectivity index (χ0n) is 10.9. The number of aromatic nitrogens is 2. The van der Waals surface area contributed by atoms with Crippen molar-refractivity contribution in [3.05, 3.63) is 46.0 Å². The number of H-pyrrole nitrogens is 1.